The first kappa shape index (κ1) is 66.1. The Morgan fingerprint density at radius 2 is 0.592 bits per heavy atom. The van der Waals surface area contributed by atoms with Crippen molar-refractivity contribution in [2.24, 2.45) is 0 Å². The van der Waals surface area contributed by atoms with Gasteiger partial charge in [-0.05, 0) is 232 Å². The number of rotatable bonds is 20. The maximum absolute atomic E-state index is 5.42. The Morgan fingerprint density at radius 3 is 0.867 bits per heavy atom. The summed E-state index contributed by atoms with van der Waals surface area (Å²) in [5.41, 5.74) is 25.0. The van der Waals surface area contributed by atoms with Crippen LogP contribution in [0.4, 0.5) is 0 Å². The van der Waals surface area contributed by atoms with E-state index in [0.717, 1.165) is 236 Å². The van der Waals surface area contributed by atoms with E-state index in [9.17, 15) is 0 Å². The van der Waals surface area contributed by atoms with Crippen LogP contribution in [0.2, 0.25) is 0 Å². The number of H-pyrrole nitrogens is 4. The second kappa shape index (κ2) is 30.7. The average Bonchev–Trinajstić information content (AvgIpc) is 1.73. The molecule has 98 heavy (non-hydrogen) atoms. The Hall–Kier alpha value is -10.5. The molecule has 0 aliphatic carbocycles. The highest BCUT2D eigenvalue weighted by atomic mass is 14.8. The SMILES string of the molecule is CCCCC(CC)c1c2nc(c(C#CC#Cc3cnc4c(ccc5cc(C#CC#Cc6c7nc(c(C(CC)CCCC)c8ccc(cc9ccc([nH]9)c(C(CC)CCCC)c9nc6C=C9)[nH]8)C=C7)cnc54)c3)c3nc(c(C(CC)CCCC)c4ccc(cc5ccc1[nH]5)[nH]4)C=C3)C=C2. The predicted octanol–water partition coefficient (Wildman–Crippen LogP) is 22.3. The number of unbranched alkanes of at least 4 members (excludes halogenated alkanes) is 4. The molecule has 0 saturated carbocycles. The van der Waals surface area contributed by atoms with Gasteiger partial charge in [-0.2, -0.15) is 0 Å². The van der Waals surface area contributed by atoms with Gasteiger partial charge in [-0.25, -0.2) is 19.9 Å². The molecular formula is C88H88N10. The number of aromatic nitrogens is 10. The quantitative estimate of drug-likeness (QED) is 0.0443. The van der Waals surface area contributed by atoms with E-state index in [-0.39, 0.29) is 0 Å². The van der Waals surface area contributed by atoms with Gasteiger partial charge in [-0.15, -0.1) is 0 Å². The van der Waals surface area contributed by atoms with Crippen molar-refractivity contribution in [2.75, 3.05) is 0 Å². The molecule has 10 heteroatoms. The molecule has 0 spiro atoms. The fourth-order valence-electron chi connectivity index (χ4n) is 14.7. The van der Waals surface area contributed by atoms with Gasteiger partial charge >= 0.3 is 0 Å². The van der Waals surface area contributed by atoms with Gasteiger partial charge in [0.2, 0.25) is 0 Å². The molecule has 0 radical (unpaired) electrons. The molecule has 4 aliphatic heterocycles. The average molecular weight is 1290 g/mol. The fraction of sp³-hybridized carbons (Fsp3) is 0.318. The Balaban J connectivity index is 0.849. The van der Waals surface area contributed by atoms with Gasteiger partial charge < -0.3 is 19.9 Å². The number of hydrogen-bond acceptors (Lipinski definition) is 6. The zero-order chi connectivity index (χ0) is 67.5. The zero-order valence-electron chi connectivity index (χ0n) is 58.2. The van der Waals surface area contributed by atoms with Gasteiger partial charge in [0.1, 0.15) is 0 Å². The highest BCUT2D eigenvalue weighted by Gasteiger charge is 2.25. The minimum Gasteiger partial charge on any atom is -0.355 e. The van der Waals surface area contributed by atoms with E-state index in [2.05, 4.69) is 256 Å². The van der Waals surface area contributed by atoms with Gasteiger partial charge in [-0.1, -0.05) is 131 Å². The largest absolute Gasteiger partial charge is 0.355 e. The van der Waals surface area contributed by atoms with Crippen molar-refractivity contribution in [3.8, 4) is 47.4 Å². The lowest BCUT2D eigenvalue weighted by Crippen LogP contribution is -2.02. The summed E-state index contributed by atoms with van der Waals surface area (Å²) in [4.78, 5) is 46.8. The number of pyridine rings is 2. The molecule has 0 amide bonds. The molecule has 10 nitrogen and oxygen atoms in total. The molecule has 9 aromatic rings. The monoisotopic (exact) mass is 1280 g/mol. The lowest BCUT2D eigenvalue weighted by Gasteiger charge is -2.16. The van der Waals surface area contributed by atoms with E-state index < -0.39 is 0 Å². The molecule has 0 saturated heterocycles. The van der Waals surface area contributed by atoms with Crippen molar-refractivity contribution in [2.45, 2.75) is 182 Å². The molecule has 0 fully saturated rings. The van der Waals surface area contributed by atoms with E-state index in [4.69, 9.17) is 29.9 Å². The molecular weight excluding hydrogens is 1200 g/mol. The molecule has 4 unspecified atom stereocenters. The smallest absolute Gasteiger partial charge is 0.0965 e. The highest BCUT2D eigenvalue weighted by molar-refractivity contribution is 6.03. The third-order valence-electron chi connectivity index (χ3n) is 19.9. The number of benzene rings is 1. The number of aromatic amines is 4. The second-order valence-electron chi connectivity index (χ2n) is 26.5. The molecule has 13 rings (SSSR count). The Labute approximate surface area is 577 Å². The van der Waals surface area contributed by atoms with Crippen LogP contribution in [0.5, 0.6) is 0 Å². The summed E-state index contributed by atoms with van der Waals surface area (Å²) in [6.07, 6.45) is 38.1. The van der Waals surface area contributed by atoms with Crippen molar-refractivity contribution >= 4 is 115 Å². The molecule has 1 aromatic carbocycles. The van der Waals surface area contributed by atoms with Crippen molar-refractivity contribution in [3.63, 3.8) is 0 Å². The Morgan fingerprint density at radius 1 is 0.316 bits per heavy atom. The summed E-state index contributed by atoms with van der Waals surface area (Å²) in [6.45, 7) is 18.2. The summed E-state index contributed by atoms with van der Waals surface area (Å²) in [6, 6.07) is 30.3. The van der Waals surface area contributed by atoms with Crippen molar-refractivity contribution in [1.82, 2.24) is 49.8 Å². The first-order chi connectivity index (χ1) is 48.2. The van der Waals surface area contributed by atoms with Crippen molar-refractivity contribution in [3.05, 3.63) is 187 Å². The van der Waals surface area contributed by atoms with Gasteiger partial charge in [0.15, 0.2) is 0 Å². The molecule has 4 aliphatic rings. The van der Waals surface area contributed by atoms with Crippen LogP contribution >= 0.6 is 0 Å². The summed E-state index contributed by atoms with van der Waals surface area (Å²) in [5.74, 6) is 27.8. The summed E-state index contributed by atoms with van der Waals surface area (Å²) >= 11 is 0. The van der Waals surface area contributed by atoms with E-state index in [1.807, 2.05) is 0 Å². The third-order valence-corrected chi connectivity index (χ3v) is 19.9. The van der Waals surface area contributed by atoms with Gasteiger partial charge in [0.25, 0.3) is 0 Å². The van der Waals surface area contributed by atoms with E-state index in [0.29, 0.717) is 23.7 Å². The van der Waals surface area contributed by atoms with Crippen LogP contribution in [0.15, 0.2) is 97.3 Å². The van der Waals surface area contributed by atoms with E-state index >= 15 is 0 Å². The van der Waals surface area contributed by atoms with E-state index in [1.54, 1.807) is 12.4 Å². The number of nitrogens with one attached hydrogen (secondary N) is 4. The Kier molecular flexibility index (Phi) is 20.7. The molecule has 8 aromatic heterocycles. The van der Waals surface area contributed by atoms with Crippen LogP contribution in [-0.2, 0) is 0 Å². The summed E-state index contributed by atoms with van der Waals surface area (Å²) < 4.78 is 0. The predicted molar refractivity (Wildman–Crippen MR) is 412 cm³/mol. The third kappa shape index (κ3) is 14.3. The minimum absolute atomic E-state index is 0.325. The van der Waals surface area contributed by atoms with Gasteiger partial charge in [0.05, 0.1) is 67.7 Å². The molecule has 4 N–H and O–H groups in total. The maximum atomic E-state index is 5.42. The van der Waals surface area contributed by atoms with Crippen molar-refractivity contribution < 1.29 is 0 Å². The van der Waals surface area contributed by atoms with Gasteiger partial charge in [-0.3, -0.25) is 9.97 Å². The topological polar surface area (TPSA) is 140 Å². The van der Waals surface area contributed by atoms with Gasteiger partial charge in [0, 0.05) is 101 Å². The van der Waals surface area contributed by atoms with Crippen LogP contribution in [0.1, 0.15) is 272 Å². The molecule has 12 heterocycles. The summed E-state index contributed by atoms with van der Waals surface area (Å²) in [5, 5.41) is 1.86. The molecule has 4 atom stereocenters. The zero-order valence-corrected chi connectivity index (χ0v) is 58.2. The number of nitrogens with zero attached hydrogens (tertiary/aromatic N) is 6. The Bertz CT molecular complexity index is 4740. The van der Waals surface area contributed by atoms with Crippen LogP contribution < -0.4 is 0 Å². The van der Waals surface area contributed by atoms with Crippen LogP contribution in [0, 0.1) is 47.4 Å². The second-order valence-corrected chi connectivity index (χ2v) is 26.5. The normalized spacial score (nSPS) is 13.3. The minimum atomic E-state index is 0.325. The lowest BCUT2D eigenvalue weighted by molar-refractivity contribution is 0.570. The van der Waals surface area contributed by atoms with Crippen molar-refractivity contribution in [1.29, 1.82) is 0 Å². The van der Waals surface area contributed by atoms with Crippen LogP contribution in [0.3, 0.4) is 0 Å². The first-order valence-corrected chi connectivity index (χ1v) is 36.2. The molecule has 490 valence electrons. The standard InChI is InChI=1S/C88H88N10/c1-9-17-27-59(13-5)83-75-39-35-65(91-75)53-66-36-40-76(92-66)84(60(14-6)28-18-10-2)80-48-44-72(96-80)69(71-43-47-79(83)95-71)31-23-21-25-57-51-63-33-34-64-52-58(56-90-88(64)87(63)89-55-57)26-22-24-32-70-73-45-49-81(97-73)85(61(15-7)29-19-11-3)77-41-37-67(93-77)54-68-38-42-78(94-68)86(62(16-8)30-20-12-4)82-50-46-74(70)98-82/h33-56,59-62,91-94H,9-20,27-30H2,1-8H3. The number of hydrogen-bond donors (Lipinski definition) is 4. The summed E-state index contributed by atoms with van der Waals surface area (Å²) in [7, 11) is 0. The highest BCUT2D eigenvalue weighted by Crippen LogP contribution is 2.39. The maximum Gasteiger partial charge on any atom is 0.0965 e. The van der Waals surface area contributed by atoms with Crippen LogP contribution in [-0.4, -0.2) is 49.8 Å². The fourth-order valence-corrected chi connectivity index (χ4v) is 14.7. The lowest BCUT2D eigenvalue weighted by atomic mass is 9.90. The first-order valence-electron chi connectivity index (χ1n) is 36.2. The number of fused-ring (bicyclic) bond motifs is 19. The van der Waals surface area contributed by atoms with Crippen LogP contribution in [0.25, 0.3) is 115 Å². The molecule has 16 bridgehead atoms. The van der Waals surface area contributed by atoms with E-state index in [1.165, 1.54) is 22.3 Å².